The van der Waals surface area contributed by atoms with Gasteiger partial charge in [-0.05, 0) is 12.1 Å². The first-order valence-corrected chi connectivity index (χ1v) is 7.21. The first-order chi connectivity index (χ1) is 10.2. The molecule has 0 saturated carbocycles. The minimum Gasteiger partial charge on any atom is -0.338 e. The summed E-state index contributed by atoms with van der Waals surface area (Å²) in [4.78, 5) is 13.7. The molecule has 110 valence electrons. The van der Waals surface area contributed by atoms with E-state index in [0.29, 0.717) is 13.0 Å². The van der Waals surface area contributed by atoms with Crippen LogP contribution in [-0.2, 0) is 11.3 Å². The second-order valence-electron chi connectivity index (χ2n) is 5.61. The van der Waals surface area contributed by atoms with Gasteiger partial charge in [-0.25, -0.2) is 0 Å². The van der Waals surface area contributed by atoms with Crippen molar-refractivity contribution in [3.63, 3.8) is 0 Å². The lowest BCUT2D eigenvalue weighted by Gasteiger charge is -2.22. The Morgan fingerprint density at radius 1 is 1.33 bits per heavy atom. The molecular weight excluding hydrogens is 264 g/mol. The molecule has 1 aromatic heterocycles. The molecule has 0 bridgehead atoms. The summed E-state index contributed by atoms with van der Waals surface area (Å²) in [7, 11) is 1.84. The highest BCUT2D eigenvalue weighted by Gasteiger charge is 2.38. The molecule has 2 aromatic rings. The van der Waals surface area contributed by atoms with Gasteiger partial charge in [0, 0.05) is 31.1 Å². The van der Waals surface area contributed by atoms with Crippen molar-refractivity contribution in [1.82, 2.24) is 14.7 Å². The maximum atomic E-state index is 11.9. The number of nitrogens with zero attached hydrogens (tertiary/aromatic N) is 3. The number of hydrogen-bond acceptors (Lipinski definition) is 3. The van der Waals surface area contributed by atoms with Crippen LogP contribution in [0.2, 0.25) is 0 Å². The van der Waals surface area contributed by atoms with E-state index in [9.17, 15) is 4.79 Å². The number of amides is 1. The van der Waals surface area contributed by atoms with Gasteiger partial charge < -0.3 is 10.6 Å². The summed E-state index contributed by atoms with van der Waals surface area (Å²) in [5.41, 5.74) is 8.08. The van der Waals surface area contributed by atoms with Crippen LogP contribution < -0.4 is 5.73 Å². The van der Waals surface area contributed by atoms with Gasteiger partial charge in [0.2, 0.25) is 5.91 Å². The molecule has 2 heterocycles. The fraction of sp³-hybridized carbons (Fsp3) is 0.375. The standard InChI is InChI=1S/C16H20N4O/c1-19-15(21)7-13(8-17)16(19)14-9-18-20(11-14)10-12-5-3-2-4-6-12/h2-6,9,11,13,16H,7-8,10,17H2,1H3/t13-,16+/m1/s1. The summed E-state index contributed by atoms with van der Waals surface area (Å²) >= 11 is 0. The van der Waals surface area contributed by atoms with E-state index in [1.54, 1.807) is 4.90 Å². The Bertz CT molecular complexity index is 622. The summed E-state index contributed by atoms with van der Waals surface area (Å²) in [6.45, 7) is 1.25. The summed E-state index contributed by atoms with van der Waals surface area (Å²) in [6.07, 6.45) is 4.41. The molecule has 2 N–H and O–H groups in total. The maximum absolute atomic E-state index is 11.9. The minimum absolute atomic E-state index is 0.0482. The molecular formula is C16H20N4O. The highest BCUT2D eigenvalue weighted by molar-refractivity contribution is 5.79. The average Bonchev–Trinajstić information content (AvgIpc) is 3.05. The van der Waals surface area contributed by atoms with E-state index in [1.165, 1.54) is 5.56 Å². The molecule has 0 unspecified atom stereocenters. The predicted molar refractivity (Wildman–Crippen MR) is 80.4 cm³/mol. The van der Waals surface area contributed by atoms with Crippen molar-refractivity contribution in [2.45, 2.75) is 19.0 Å². The number of nitrogens with two attached hydrogens (primary N) is 1. The van der Waals surface area contributed by atoms with Crippen molar-refractivity contribution < 1.29 is 4.79 Å². The van der Waals surface area contributed by atoms with Gasteiger partial charge in [0.25, 0.3) is 0 Å². The molecule has 0 spiro atoms. The van der Waals surface area contributed by atoms with Crippen LogP contribution in [0.25, 0.3) is 0 Å². The van der Waals surface area contributed by atoms with Gasteiger partial charge in [0.15, 0.2) is 0 Å². The molecule has 1 aliphatic heterocycles. The number of carbonyl (C=O) groups excluding carboxylic acids is 1. The van der Waals surface area contributed by atoms with E-state index in [0.717, 1.165) is 12.1 Å². The Kier molecular flexibility index (Phi) is 3.75. The molecule has 5 nitrogen and oxygen atoms in total. The number of benzene rings is 1. The molecule has 2 atom stereocenters. The molecule has 5 heteroatoms. The summed E-state index contributed by atoms with van der Waals surface area (Å²) < 4.78 is 1.91. The smallest absolute Gasteiger partial charge is 0.223 e. The van der Waals surface area contributed by atoms with Gasteiger partial charge in [0.05, 0.1) is 18.8 Å². The van der Waals surface area contributed by atoms with E-state index in [2.05, 4.69) is 17.2 Å². The maximum Gasteiger partial charge on any atom is 0.223 e. The van der Waals surface area contributed by atoms with Crippen LogP contribution in [0.4, 0.5) is 0 Å². The predicted octanol–water partition coefficient (Wildman–Crippen LogP) is 1.41. The van der Waals surface area contributed by atoms with E-state index < -0.39 is 0 Å². The van der Waals surface area contributed by atoms with Gasteiger partial charge in [-0.1, -0.05) is 30.3 Å². The van der Waals surface area contributed by atoms with Crippen LogP contribution >= 0.6 is 0 Å². The monoisotopic (exact) mass is 284 g/mol. The molecule has 1 aliphatic rings. The zero-order valence-corrected chi connectivity index (χ0v) is 12.1. The highest BCUT2D eigenvalue weighted by Crippen LogP contribution is 2.35. The first kappa shape index (κ1) is 13.8. The van der Waals surface area contributed by atoms with Crippen LogP contribution in [0.5, 0.6) is 0 Å². The third kappa shape index (κ3) is 2.69. The zero-order valence-electron chi connectivity index (χ0n) is 12.1. The van der Waals surface area contributed by atoms with Crippen molar-refractivity contribution in [2.75, 3.05) is 13.6 Å². The van der Waals surface area contributed by atoms with E-state index in [1.807, 2.05) is 42.3 Å². The van der Waals surface area contributed by atoms with Crippen molar-refractivity contribution in [3.05, 3.63) is 53.9 Å². The SMILES string of the molecule is CN1C(=O)C[C@H](CN)[C@H]1c1cnn(Cc2ccccc2)c1. The lowest BCUT2D eigenvalue weighted by molar-refractivity contribution is -0.127. The molecule has 1 fully saturated rings. The van der Waals surface area contributed by atoms with Gasteiger partial charge >= 0.3 is 0 Å². The van der Waals surface area contributed by atoms with Crippen molar-refractivity contribution in [1.29, 1.82) is 0 Å². The number of aromatic nitrogens is 2. The van der Waals surface area contributed by atoms with Gasteiger partial charge in [-0.3, -0.25) is 9.48 Å². The molecule has 1 aromatic carbocycles. The molecule has 21 heavy (non-hydrogen) atoms. The van der Waals surface area contributed by atoms with Crippen molar-refractivity contribution >= 4 is 5.91 Å². The van der Waals surface area contributed by atoms with E-state index in [4.69, 9.17) is 5.73 Å². The summed E-state index contributed by atoms with van der Waals surface area (Å²) in [6, 6.07) is 10.3. The number of rotatable bonds is 4. The Labute approximate surface area is 124 Å². The zero-order chi connectivity index (χ0) is 14.8. The average molecular weight is 284 g/mol. The van der Waals surface area contributed by atoms with Crippen LogP contribution in [0.15, 0.2) is 42.7 Å². The molecule has 0 radical (unpaired) electrons. The van der Waals surface area contributed by atoms with Crippen LogP contribution in [0, 0.1) is 5.92 Å². The third-order valence-electron chi connectivity index (χ3n) is 4.18. The fourth-order valence-electron chi connectivity index (χ4n) is 3.05. The first-order valence-electron chi connectivity index (χ1n) is 7.21. The van der Waals surface area contributed by atoms with E-state index >= 15 is 0 Å². The number of hydrogen-bond donors (Lipinski definition) is 1. The normalized spacial score (nSPS) is 22.0. The van der Waals surface area contributed by atoms with Gasteiger partial charge in [-0.15, -0.1) is 0 Å². The second-order valence-corrected chi connectivity index (χ2v) is 5.61. The molecule has 1 saturated heterocycles. The number of likely N-dealkylation sites (tertiary alicyclic amines) is 1. The lowest BCUT2D eigenvalue weighted by atomic mass is 9.96. The third-order valence-corrected chi connectivity index (χ3v) is 4.18. The Morgan fingerprint density at radius 3 is 2.81 bits per heavy atom. The molecule has 3 rings (SSSR count). The van der Waals surface area contributed by atoms with Crippen molar-refractivity contribution in [3.8, 4) is 0 Å². The fourth-order valence-corrected chi connectivity index (χ4v) is 3.05. The number of carbonyl (C=O) groups is 1. The van der Waals surface area contributed by atoms with Gasteiger partial charge in [0.1, 0.15) is 0 Å². The quantitative estimate of drug-likeness (QED) is 0.923. The lowest BCUT2D eigenvalue weighted by Crippen LogP contribution is -2.26. The molecule has 1 amide bonds. The minimum atomic E-state index is 0.0482. The van der Waals surface area contributed by atoms with Crippen LogP contribution in [0.1, 0.15) is 23.6 Å². The summed E-state index contributed by atoms with van der Waals surface area (Å²) in [5.74, 6) is 0.336. The largest absolute Gasteiger partial charge is 0.338 e. The van der Waals surface area contributed by atoms with Gasteiger partial charge in [-0.2, -0.15) is 5.10 Å². The molecule has 0 aliphatic carbocycles. The Hall–Kier alpha value is -2.14. The van der Waals surface area contributed by atoms with Crippen molar-refractivity contribution in [2.24, 2.45) is 11.7 Å². The summed E-state index contributed by atoms with van der Waals surface area (Å²) in [5, 5.41) is 4.42. The second kappa shape index (κ2) is 5.69. The Balaban J connectivity index is 1.80. The topological polar surface area (TPSA) is 64.2 Å². The van der Waals surface area contributed by atoms with E-state index in [-0.39, 0.29) is 17.9 Å². The Morgan fingerprint density at radius 2 is 2.10 bits per heavy atom. The van der Waals surface area contributed by atoms with Crippen LogP contribution in [-0.4, -0.2) is 34.2 Å². The van der Waals surface area contributed by atoms with Crippen LogP contribution in [0.3, 0.4) is 0 Å². The highest BCUT2D eigenvalue weighted by atomic mass is 16.2.